The Morgan fingerprint density at radius 2 is 1.58 bits per heavy atom. The first-order chi connectivity index (χ1) is 12.7. The molecule has 1 aliphatic rings. The van der Waals surface area contributed by atoms with Crippen LogP contribution in [0.25, 0.3) is 6.08 Å². The third-order valence-corrected chi connectivity index (χ3v) is 5.51. The van der Waals surface area contributed by atoms with E-state index in [0.717, 1.165) is 21.7 Å². The highest BCUT2D eigenvalue weighted by Crippen LogP contribution is 2.42. The summed E-state index contributed by atoms with van der Waals surface area (Å²) in [4.78, 5) is 16.8. The summed E-state index contributed by atoms with van der Waals surface area (Å²) >= 11 is 7.48. The van der Waals surface area contributed by atoms with Gasteiger partial charge in [-0.05, 0) is 41.5 Å². The Kier molecular flexibility index (Phi) is 4.83. The third-order valence-electron chi connectivity index (χ3n) is 4.18. The lowest BCUT2D eigenvalue weighted by atomic mass is 10.1. The summed E-state index contributed by atoms with van der Waals surface area (Å²) in [6, 6.07) is 25.6. The van der Waals surface area contributed by atoms with Crippen LogP contribution < -0.4 is 4.90 Å². The van der Waals surface area contributed by atoms with Crippen LogP contribution in [0.5, 0.6) is 0 Å². The monoisotopic (exact) mass is 377 g/mol. The van der Waals surface area contributed by atoms with Gasteiger partial charge in [-0.2, -0.15) is 0 Å². The maximum atomic E-state index is 13.2. The average Bonchev–Trinajstić information content (AvgIpc) is 2.67. The van der Waals surface area contributed by atoms with Crippen molar-refractivity contribution in [1.82, 2.24) is 0 Å². The molecule has 0 aliphatic carbocycles. The summed E-state index contributed by atoms with van der Waals surface area (Å²) in [7, 11) is 0. The Balaban J connectivity index is 1.73. The van der Waals surface area contributed by atoms with E-state index in [0.29, 0.717) is 16.5 Å². The molecule has 0 aromatic heterocycles. The third kappa shape index (κ3) is 3.55. The number of amides is 1. The molecule has 0 bridgehead atoms. The van der Waals surface area contributed by atoms with Crippen molar-refractivity contribution in [3.63, 3.8) is 0 Å². The number of rotatable bonds is 3. The first-order valence-corrected chi connectivity index (χ1v) is 9.50. The van der Waals surface area contributed by atoms with Gasteiger partial charge in [-0.25, -0.2) is 0 Å². The minimum absolute atomic E-state index is 0.0208. The molecule has 0 saturated heterocycles. The van der Waals surface area contributed by atoms with E-state index in [2.05, 4.69) is 6.07 Å². The van der Waals surface area contributed by atoms with Gasteiger partial charge in [-0.15, -0.1) is 0 Å². The summed E-state index contributed by atoms with van der Waals surface area (Å²) in [5.74, 6) is 0.0208. The molecule has 0 unspecified atom stereocenters. The normalized spacial score (nSPS) is 15.2. The lowest BCUT2D eigenvalue weighted by Gasteiger charge is -2.30. The fourth-order valence-corrected chi connectivity index (χ4v) is 4.08. The molecule has 0 saturated carbocycles. The van der Waals surface area contributed by atoms with Crippen LogP contribution in [0.3, 0.4) is 0 Å². The van der Waals surface area contributed by atoms with Gasteiger partial charge in [0.05, 0.1) is 17.1 Å². The van der Waals surface area contributed by atoms with E-state index in [1.807, 2.05) is 83.8 Å². The fourth-order valence-electron chi connectivity index (χ4n) is 2.90. The fraction of sp³-hybridized carbons (Fsp3) is 0.0455. The van der Waals surface area contributed by atoms with Gasteiger partial charge < -0.3 is 4.90 Å². The van der Waals surface area contributed by atoms with Crippen molar-refractivity contribution in [2.24, 2.45) is 0 Å². The van der Waals surface area contributed by atoms with Crippen LogP contribution in [0, 0.1) is 0 Å². The van der Waals surface area contributed by atoms with Gasteiger partial charge in [0.25, 0.3) is 5.91 Å². The van der Waals surface area contributed by atoms with E-state index < -0.39 is 0 Å². The SMILES string of the molecule is O=C1/C(=C/c2ccc(Cl)cc2)Sc2ccccc2N1Cc1ccccc1. The van der Waals surface area contributed by atoms with Crippen LogP contribution in [0.1, 0.15) is 11.1 Å². The van der Waals surface area contributed by atoms with Crippen molar-refractivity contribution in [3.8, 4) is 0 Å². The van der Waals surface area contributed by atoms with Crippen molar-refractivity contribution in [2.45, 2.75) is 11.4 Å². The number of hydrogen-bond acceptors (Lipinski definition) is 2. The summed E-state index contributed by atoms with van der Waals surface area (Å²) in [6.07, 6.45) is 1.93. The minimum Gasteiger partial charge on any atom is -0.302 e. The maximum absolute atomic E-state index is 13.2. The first kappa shape index (κ1) is 17.0. The summed E-state index contributed by atoms with van der Waals surface area (Å²) < 4.78 is 0. The van der Waals surface area contributed by atoms with Crippen molar-refractivity contribution < 1.29 is 4.79 Å². The molecule has 1 aliphatic heterocycles. The molecule has 3 aromatic carbocycles. The van der Waals surface area contributed by atoms with E-state index >= 15 is 0 Å². The standard InChI is InChI=1S/C22H16ClNOS/c23-18-12-10-16(11-13-18)14-21-22(25)24(15-17-6-2-1-3-7-17)19-8-4-5-9-20(19)26-21/h1-14H,15H2/b21-14-. The van der Waals surface area contributed by atoms with E-state index in [9.17, 15) is 4.79 Å². The first-order valence-electron chi connectivity index (χ1n) is 8.31. The van der Waals surface area contributed by atoms with Gasteiger partial charge in [0.2, 0.25) is 0 Å². The van der Waals surface area contributed by atoms with Crippen molar-refractivity contribution >= 4 is 41.0 Å². The van der Waals surface area contributed by atoms with Crippen LogP contribution in [-0.4, -0.2) is 5.91 Å². The number of halogens is 1. The van der Waals surface area contributed by atoms with Crippen LogP contribution in [-0.2, 0) is 11.3 Å². The predicted molar refractivity (Wildman–Crippen MR) is 109 cm³/mol. The highest BCUT2D eigenvalue weighted by Gasteiger charge is 2.28. The molecule has 0 fully saturated rings. The molecule has 3 aromatic rings. The molecule has 1 amide bonds. The second-order valence-electron chi connectivity index (χ2n) is 6.01. The zero-order valence-electron chi connectivity index (χ0n) is 13.9. The number of para-hydroxylation sites is 1. The molecule has 1 heterocycles. The van der Waals surface area contributed by atoms with Crippen LogP contribution in [0.4, 0.5) is 5.69 Å². The Morgan fingerprint density at radius 3 is 2.35 bits per heavy atom. The quantitative estimate of drug-likeness (QED) is 0.520. The second-order valence-corrected chi connectivity index (χ2v) is 7.53. The molecule has 0 atom stereocenters. The van der Waals surface area contributed by atoms with Crippen LogP contribution >= 0.6 is 23.4 Å². The van der Waals surface area contributed by atoms with Crippen molar-refractivity contribution in [3.05, 3.63) is 99.9 Å². The number of carbonyl (C=O) groups excluding carboxylic acids is 1. The van der Waals surface area contributed by atoms with Gasteiger partial charge in [-0.3, -0.25) is 4.79 Å². The highest BCUT2D eigenvalue weighted by atomic mass is 35.5. The van der Waals surface area contributed by atoms with Gasteiger partial charge in [0, 0.05) is 9.92 Å². The molecule has 0 spiro atoms. The molecule has 0 radical (unpaired) electrons. The van der Waals surface area contributed by atoms with Gasteiger partial charge in [0.15, 0.2) is 0 Å². The molecule has 128 valence electrons. The lowest BCUT2D eigenvalue weighted by molar-refractivity contribution is -0.114. The van der Waals surface area contributed by atoms with Crippen LogP contribution in [0.2, 0.25) is 5.02 Å². The molecule has 0 N–H and O–H groups in total. The van der Waals surface area contributed by atoms with Crippen molar-refractivity contribution in [2.75, 3.05) is 4.90 Å². The number of benzene rings is 3. The molecule has 2 nitrogen and oxygen atoms in total. The molecule has 4 heteroatoms. The smallest absolute Gasteiger partial charge is 0.265 e. The summed E-state index contributed by atoms with van der Waals surface area (Å²) in [5, 5.41) is 0.686. The second kappa shape index (κ2) is 7.40. The molecule has 26 heavy (non-hydrogen) atoms. The largest absolute Gasteiger partial charge is 0.302 e. The van der Waals surface area contributed by atoms with E-state index in [1.54, 1.807) is 0 Å². The number of anilines is 1. The Morgan fingerprint density at radius 1 is 0.885 bits per heavy atom. The van der Waals surface area contributed by atoms with Crippen LogP contribution in [0.15, 0.2) is 88.7 Å². The topological polar surface area (TPSA) is 20.3 Å². The Hall–Kier alpha value is -2.49. The molecular formula is C22H16ClNOS. The van der Waals surface area contributed by atoms with E-state index in [4.69, 9.17) is 11.6 Å². The minimum atomic E-state index is 0.0208. The lowest BCUT2D eigenvalue weighted by Crippen LogP contribution is -2.33. The van der Waals surface area contributed by atoms with Crippen molar-refractivity contribution in [1.29, 1.82) is 0 Å². The summed E-state index contributed by atoms with van der Waals surface area (Å²) in [5.41, 5.74) is 3.03. The number of hydrogen-bond donors (Lipinski definition) is 0. The van der Waals surface area contributed by atoms with Gasteiger partial charge in [-0.1, -0.05) is 78.0 Å². The Labute approximate surface area is 162 Å². The predicted octanol–water partition coefficient (Wildman–Crippen LogP) is 6.02. The zero-order valence-corrected chi connectivity index (χ0v) is 15.5. The number of thioether (sulfide) groups is 1. The maximum Gasteiger partial charge on any atom is 0.265 e. The average molecular weight is 378 g/mol. The highest BCUT2D eigenvalue weighted by molar-refractivity contribution is 8.04. The van der Waals surface area contributed by atoms with Gasteiger partial charge >= 0.3 is 0 Å². The number of nitrogens with zero attached hydrogens (tertiary/aromatic N) is 1. The van der Waals surface area contributed by atoms with E-state index in [1.165, 1.54) is 11.8 Å². The van der Waals surface area contributed by atoms with Gasteiger partial charge in [0.1, 0.15) is 0 Å². The zero-order chi connectivity index (χ0) is 17.9. The number of carbonyl (C=O) groups is 1. The Bertz CT molecular complexity index is 967. The molecular weight excluding hydrogens is 362 g/mol. The van der Waals surface area contributed by atoms with E-state index in [-0.39, 0.29) is 5.91 Å². The molecule has 4 rings (SSSR count). The number of fused-ring (bicyclic) bond motifs is 1. The summed E-state index contributed by atoms with van der Waals surface area (Å²) in [6.45, 7) is 0.551.